The molecule has 1 saturated carbocycles. The number of fused-ring (bicyclic) bond motifs is 1. The van der Waals surface area contributed by atoms with Gasteiger partial charge in [-0.25, -0.2) is 0 Å². The Labute approximate surface area is 88.9 Å². The molecule has 0 saturated heterocycles. The van der Waals surface area contributed by atoms with Crippen molar-refractivity contribution in [2.45, 2.75) is 12.8 Å². The van der Waals surface area contributed by atoms with Crippen molar-refractivity contribution in [3.05, 3.63) is 36.5 Å². The van der Waals surface area contributed by atoms with Crippen LogP contribution in [-0.2, 0) is 0 Å². The van der Waals surface area contributed by atoms with Crippen LogP contribution in [0.2, 0.25) is 0 Å². The highest BCUT2D eigenvalue weighted by atomic mass is 16.5. The third kappa shape index (κ3) is 1.94. The highest BCUT2D eigenvalue weighted by molar-refractivity contribution is 5.79. The monoisotopic (exact) mass is 199 g/mol. The molecule has 0 aliphatic heterocycles. The fraction of sp³-hybridized carbons (Fsp3) is 0.308. The number of para-hydroxylation sites is 1. The SMILES string of the molecule is c1ccc2ncc(OCC3CC3)cc2c1. The highest BCUT2D eigenvalue weighted by Gasteiger charge is 2.21. The van der Waals surface area contributed by atoms with Gasteiger partial charge in [-0.3, -0.25) is 4.98 Å². The summed E-state index contributed by atoms with van der Waals surface area (Å²) in [6.07, 6.45) is 4.45. The van der Waals surface area contributed by atoms with Crippen molar-refractivity contribution in [1.82, 2.24) is 4.98 Å². The maximum absolute atomic E-state index is 5.68. The van der Waals surface area contributed by atoms with Crippen LogP contribution in [0.3, 0.4) is 0 Å². The van der Waals surface area contributed by atoms with Crippen LogP contribution in [-0.4, -0.2) is 11.6 Å². The summed E-state index contributed by atoms with van der Waals surface area (Å²) in [4.78, 5) is 4.35. The van der Waals surface area contributed by atoms with E-state index in [4.69, 9.17) is 4.74 Å². The first kappa shape index (κ1) is 8.72. The maximum atomic E-state index is 5.68. The average molecular weight is 199 g/mol. The van der Waals surface area contributed by atoms with E-state index in [-0.39, 0.29) is 0 Å². The van der Waals surface area contributed by atoms with E-state index < -0.39 is 0 Å². The molecular formula is C13H13NO. The second-order valence-electron chi connectivity index (χ2n) is 4.12. The molecule has 2 aromatic rings. The van der Waals surface area contributed by atoms with Crippen molar-refractivity contribution < 1.29 is 4.74 Å². The third-order valence-corrected chi connectivity index (χ3v) is 2.75. The number of hydrogen-bond acceptors (Lipinski definition) is 2. The summed E-state index contributed by atoms with van der Waals surface area (Å²) in [5, 5.41) is 1.14. The molecule has 0 amide bonds. The van der Waals surface area contributed by atoms with Gasteiger partial charge in [0.05, 0.1) is 18.3 Å². The molecule has 2 nitrogen and oxygen atoms in total. The van der Waals surface area contributed by atoms with Gasteiger partial charge in [0.1, 0.15) is 5.75 Å². The molecule has 0 radical (unpaired) electrons. The molecule has 1 aliphatic rings. The van der Waals surface area contributed by atoms with Gasteiger partial charge in [-0.05, 0) is 30.9 Å². The summed E-state index contributed by atoms with van der Waals surface area (Å²) in [6, 6.07) is 10.2. The van der Waals surface area contributed by atoms with E-state index in [1.807, 2.05) is 24.4 Å². The lowest BCUT2D eigenvalue weighted by molar-refractivity contribution is 0.299. The van der Waals surface area contributed by atoms with Crippen LogP contribution in [0.15, 0.2) is 36.5 Å². The Morgan fingerprint density at radius 1 is 1.27 bits per heavy atom. The Bertz CT molecular complexity index is 477. The van der Waals surface area contributed by atoms with Crippen molar-refractivity contribution in [2.24, 2.45) is 5.92 Å². The van der Waals surface area contributed by atoms with E-state index in [0.717, 1.165) is 29.2 Å². The van der Waals surface area contributed by atoms with Crippen LogP contribution in [0, 0.1) is 5.92 Å². The molecule has 0 spiro atoms. The fourth-order valence-electron chi connectivity index (χ4n) is 1.63. The van der Waals surface area contributed by atoms with Gasteiger partial charge in [0.25, 0.3) is 0 Å². The highest BCUT2D eigenvalue weighted by Crippen LogP contribution is 2.29. The number of nitrogens with zero attached hydrogens (tertiary/aromatic N) is 1. The quantitative estimate of drug-likeness (QED) is 0.758. The van der Waals surface area contributed by atoms with Gasteiger partial charge in [-0.2, -0.15) is 0 Å². The van der Waals surface area contributed by atoms with Gasteiger partial charge in [0.2, 0.25) is 0 Å². The van der Waals surface area contributed by atoms with Gasteiger partial charge in [0.15, 0.2) is 0 Å². The van der Waals surface area contributed by atoms with Gasteiger partial charge < -0.3 is 4.74 Å². The lowest BCUT2D eigenvalue weighted by Gasteiger charge is -2.05. The largest absolute Gasteiger partial charge is 0.492 e. The minimum Gasteiger partial charge on any atom is -0.492 e. The molecule has 76 valence electrons. The van der Waals surface area contributed by atoms with Crippen LogP contribution < -0.4 is 4.74 Å². The Hall–Kier alpha value is -1.57. The van der Waals surface area contributed by atoms with E-state index in [2.05, 4.69) is 17.1 Å². The Morgan fingerprint density at radius 3 is 3.00 bits per heavy atom. The number of aromatic nitrogens is 1. The van der Waals surface area contributed by atoms with Gasteiger partial charge in [-0.15, -0.1) is 0 Å². The zero-order valence-electron chi connectivity index (χ0n) is 8.52. The second-order valence-corrected chi connectivity index (χ2v) is 4.12. The summed E-state index contributed by atoms with van der Waals surface area (Å²) in [5.41, 5.74) is 1.02. The molecule has 1 heterocycles. The lowest BCUT2D eigenvalue weighted by Crippen LogP contribution is -1.99. The minimum atomic E-state index is 0.788. The van der Waals surface area contributed by atoms with Crippen LogP contribution in [0.5, 0.6) is 5.75 Å². The van der Waals surface area contributed by atoms with E-state index in [1.165, 1.54) is 12.8 Å². The fourth-order valence-corrected chi connectivity index (χ4v) is 1.63. The van der Waals surface area contributed by atoms with Gasteiger partial charge >= 0.3 is 0 Å². The minimum absolute atomic E-state index is 0.788. The Kier molecular flexibility index (Phi) is 2.05. The number of ether oxygens (including phenoxy) is 1. The molecule has 0 unspecified atom stereocenters. The van der Waals surface area contributed by atoms with E-state index in [0.29, 0.717) is 0 Å². The predicted octanol–water partition coefficient (Wildman–Crippen LogP) is 3.02. The summed E-state index contributed by atoms with van der Waals surface area (Å²) < 4.78 is 5.68. The number of rotatable bonds is 3. The first-order valence-electron chi connectivity index (χ1n) is 5.39. The summed E-state index contributed by atoms with van der Waals surface area (Å²) in [7, 11) is 0. The van der Waals surface area contributed by atoms with Crippen LogP contribution in [0.25, 0.3) is 10.9 Å². The van der Waals surface area contributed by atoms with Crippen LogP contribution >= 0.6 is 0 Å². The Balaban J connectivity index is 1.84. The predicted molar refractivity (Wildman–Crippen MR) is 60.0 cm³/mol. The molecule has 3 rings (SSSR count). The maximum Gasteiger partial charge on any atom is 0.138 e. The van der Waals surface area contributed by atoms with Crippen molar-refractivity contribution in [1.29, 1.82) is 0 Å². The van der Waals surface area contributed by atoms with Crippen molar-refractivity contribution in [3.63, 3.8) is 0 Å². The smallest absolute Gasteiger partial charge is 0.138 e. The molecule has 2 heteroatoms. The van der Waals surface area contributed by atoms with E-state index in [1.54, 1.807) is 0 Å². The lowest BCUT2D eigenvalue weighted by atomic mass is 10.2. The summed E-state index contributed by atoms with van der Waals surface area (Å²) >= 11 is 0. The first-order chi connectivity index (χ1) is 7.42. The van der Waals surface area contributed by atoms with Crippen molar-refractivity contribution in [3.8, 4) is 5.75 Å². The number of hydrogen-bond donors (Lipinski definition) is 0. The molecule has 15 heavy (non-hydrogen) atoms. The second kappa shape index (κ2) is 3.54. The standard InChI is InChI=1S/C13H13NO/c1-2-4-13-11(3-1)7-12(8-14-13)15-9-10-5-6-10/h1-4,7-8,10H,5-6,9H2. The first-order valence-corrected chi connectivity index (χ1v) is 5.39. The zero-order chi connectivity index (χ0) is 10.1. The molecular weight excluding hydrogens is 186 g/mol. The topological polar surface area (TPSA) is 22.1 Å². The van der Waals surface area contributed by atoms with E-state index >= 15 is 0 Å². The number of pyridine rings is 1. The summed E-state index contributed by atoms with van der Waals surface area (Å²) in [6.45, 7) is 0.847. The molecule has 1 fully saturated rings. The van der Waals surface area contributed by atoms with Crippen LogP contribution in [0.4, 0.5) is 0 Å². The van der Waals surface area contributed by atoms with Crippen molar-refractivity contribution >= 4 is 10.9 Å². The summed E-state index contributed by atoms with van der Waals surface area (Å²) in [5.74, 6) is 1.68. The average Bonchev–Trinajstić information content (AvgIpc) is 3.10. The molecule has 0 atom stereocenters. The normalized spacial score (nSPS) is 15.5. The van der Waals surface area contributed by atoms with Gasteiger partial charge in [0, 0.05) is 5.39 Å². The molecule has 1 aromatic heterocycles. The van der Waals surface area contributed by atoms with Gasteiger partial charge in [-0.1, -0.05) is 18.2 Å². The Morgan fingerprint density at radius 2 is 2.13 bits per heavy atom. The number of benzene rings is 1. The zero-order valence-corrected chi connectivity index (χ0v) is 8.52. The van der Waals surface area contributed by atoms with Crippen molar-refractivity contribution in [2.75, 3.05) is 6.61 Å². The third-order valence-electron chi connectivity index (χ3n) is 2.75. The van der Waals surface area contributed by atoms with Crippen LogP contribution in [0.1, 0.15) is 12.8 Å². The molecule has 1 aromatic carbocycles. The molecule has 0 N–H and O–H groups in total. The molecule has 0 bridgehead atoms. The van der Waals surface area contributed by atoms with E-state index in [9.17, 15) is 0 Å². The molecule has 1 aliphatic carbocycles.